The lowest BCUT2D eigenvalue weighted by Gasteiger charge is -2.23. The Morgan fingerprint density at radius 2 is 2.03 bits per heavy atom. The third-order valence-corrected chi connectivity index (χ3v) is 6.80. The van der Waals surface area contributed by atoms with E-state index in [2.05, 4.69) is 5.32 Å². The van der Waals surface area contributed by atoms with Crippen LogP contribution in [0.2, 0.25) is 5.02 Å². The second-order valence-corrected chi connectivity index (χ2v) is 8.66. The first-order valence-corrected chi connectivity index (χ1v) is 10.7. The number of fused-ring (bicyclic) bond motifs is 1. The van der Waals surface area contributed by atoms with Gasteiger partial charge in [-0.25, -0.2) is 0 Å². The molecule has 0 radical (unpaired) electrons. The van der Waals surface area contributed by atoms with Crippen molar-refractivity contribution in [1.29, 1.82) is 0 Å². The Bertz CT molecular complexity index is 1050. The topological polar surface area (TPSA) is 67.9 Å². The van der Waals surface area contributed by atoms with Crippen molar-refractivity contribution in [3.05, 3.63) is 76.8 Å². The van der Waals surface area contributed by atoms with Crippen LogP contribution in [0.15, 0.2) is 60.7 Å². The van der Waals surface area contributed by atoms with Gasteiger partial charge in [0, 0.05) is 18.1 Å². The Balaban J connectivity index is 1.30. The summed E-state index contributed by atoms with van der Waals surface area (Å²) >= 11 is 6.29. The van der Waals surface area contributed by atoms with Gasteiger partial charge < -0.3 is 19.7 Å². The number of methoxy groups -OCH3 is 1. The van der Waals surface area contributed by atoms with E-state index >= 15 is 0 Å². The molecule has 2 saturated heterocycles. The van der Waals surface area contributed by atoms with Gasteiger partial charge in [-0.3, -0.25) is 9.59 Å². The molecule has 4 atom stereocenters. The van der Waals surface area contributed by atoms with Crippen molar-refractivity contribution in [2.45, 2.75) is 24.8 Å². The summed E-state index contributed by atoms with van der Waals surface area (Å²) in [5.41, 5.74) is 1.11. The fourth-order valence-corrected chi connectivity index (χ4v) is 5.09. The van der Waals surface area contributed by atoms with E-state index < -0.39 is 17.4 Å². The summed E-state index contributed by atoms with van der Waals surface area (Å²) in [5, 5.41) is 3.61. The van der Waals surface area contributed by atoms with Gasteiger partial charge >= 0.3 is 0 Å². The Morgan fingerprint density at radius 1 is 1.26 bits per heavy atom. The zero-order valence-electron chi connectivity index (χ0n) is 17.1. The van der Waals surface area contributed by atoms with Crippen molar-refractivity contribution in [2.24, 2.45) is 11.8 Å². The number of nitrogens with zero attached hydrogens (tertiary/aromatic N) is 1. The molecule has 2 amide bonds. The lowest BCUT2D eigenvalue weighted by atomic mass is 9.77. The van der Waals surface area contributed by atoms with Crippen LogP contribution in [0, 0.1) is 11.8 Å². The van der Waals surface area contributed by atoms with Gasteiger partial charge in [0.1, 0.15) is 11.4 Å². The molecule has 2 fully saturated rings. The van der Waals surface area contributed by atoms with Crippen molar-refractivity contribution in [3.8, 4) is 5.75 Å². The molecule has 3 aliphatic heterocycles. The van der Waals surface area contributed by atoms with E-state index in [1.807, 2.05) is 60.7 Å². The van der Waals surface area contributed by atoms with E-state index in [4.69, 9.17) is 21.1 Å². The van der Waals surface area contributed by atoms with Crippen LogP contribution in [0.4, 0.5) is 0 Å². The fourth-order valence-electron chi connectivity index (χ4n) is 4.89. The van der Waals surface area contributed by atoms with Crippen molar-refractivity contribution >= 4 is 23.4 Å². The molecule has 2 aromatic rings. The first-order chi connectivity index (χ1) is 15.0. The first kappa shape index (κ1) is 20.1. The van der Waals surface area contributed by atoms with Crippen LogP contribution in [0.3, 0.4) is 0 Å². The van der Waals surface area contributed by atoms with Crippen LogP contribution >= 0.6 is 11.6 Å². The summed E-state index contributed by atoms with van der Waals surface area (Å²) in [6, 6.07) is 15.0. The number of hydrogen-bond acceptors (Lipinski definition) is 4. The highest BCUT2D eigenvalue weighted by molar-refractivity contribution is 6.31. The van der Waals surface area contributed by atoms with Gasteiger partial charge in [-0.15, -0.1) is 0 Å². The summed E-state index contributed by atoms with van der Waals surface area (Å²) in [6.45, 7) is 1.21. The molecule has 31 heavy (non-hydrogen) atoms. The van der Waals surface area contributed by atoms with Crippen molar-refractivity contribution < 1.29 is 19.1 Å². The normalized spacial score (nSPS) is 28.1. The molecular formula is C24H23ClN2O4. The Labute approximate surface area is 185 Å². The summed E-state index contributed by atoms with van der Waals surface area (Å²) < 4.78 is 11.4. The van der Waals surface area contributed by atoms with Gasteiger partial charge in [0.2, 0.25) is 11.8 Å². The minimum absolute atomic E-state index is 0.0589. The molecule has 3 aliphatic rings. The molecule has 6 nitrogen and oxygen atoms in total. The number of carbonyl (C=O) groups is 2. The average molecular weight is 439 g/mol. The monoisotopic (exact) mass is 438 g/mol. The second kappa shape index (κ2) is 7.70. The van der Waals surface area contributed by atoms with Gasteiger partial charge in [-0.05, 0) is 29.3 Å². The van der Waals surface area contributed by atoms with E-state index in [-0.39, 0.29) is 17.9 Å². The van der Waals surface area contributed by atoms with Crippen LogP contribution in [0.5, 0.6) is 5.75 Å². The highest BCUT2D eigenvalue weighted by Gasteiger charge is 2.66. The molecule has 160 valence electrons. The minimum atomic E-state index is -0.731. The number of benzene rings is 2. The van der Waals surface area contributed by atoms with E-state index in [1.54, 1.807) is 12.0 Å². The third kappa shape index (κ3) is 3.40. The Morgan fingerprint density at radius 3 is 2.77 bits per heavy atom. The van der Waals surface area contributed by atoms with E-state index in [1.165, 1.54) is 0 Å². The Kier molecular flexibility index (Phi) is 4.99. The number of likely N-dealkylation sites (tertiary alicyclic amines) is 1. The molecule has 0 aromatic heterocycles. The average Bonchev–Trinajstić information content (AvgIpc) is 3.42. The largest absolute Gasteiger partial charge is 0.497 e. The zero-order chi connectivity index (χ0) is 21.6. The lowest BCUT2D eigenvalue weighted by molar-refractivity contribution is -0.137. The molecule has 4 unspecified atom stereocenters. The number of nitrogens with one attached hydrogen (secondary N) is 1. The van der Waals surface area contributed by atoms with Crippen LogP contribution < -0.4 is 10.1 Å². The maximum Gasteiger partial charge on any atom is 0.230 e. The molecule has 1 N–H and O–H groups in total. The maximum atomic E-state index is 13.3. The zero-order valence-corrected chi connectivity index (χ0v) is 17.8. The number of hydrogen-bond donors (Lipinski definition) is 1. The number of ether oxygens (including phenoxy) is 2. The number of carbonyl (C=O) groups excluding carboxylic acids is 2. The highest BCUT2D eigenvalue weighted by Crippen LogP contribution is 2.52. The SMILES string of the molecule is COc1ccc(CNC(=O)C2C3C=CC4(CN(Cc5ccccc5Cl)C(=O)C24)O3)cc1. The molecule has 5 rings (SSSR count). The quantitative estimate of drug-likeness (QED) is 0.704. The number of amides is 2. The van der Waals surface area contributed by atoms with E-state index in [0.717, 1.165) is 16.9 Å². The lowest BCUT2D eigenvalue weighted by Crippen LogP contribution is -2.43. The Hall–Kier alpha value is -2.83. The van der Waals surface area contributed by atoms with Crippen LogP contribution in [-0.2, 0) is 27.4 Å². The summed E-state index contributed by atoms with van der Waals surface area (Å²) in [7, 11) is 1.61. The molecule has 2 aromatic carbocycles. The molecule has 0 saturated carbocycles. The first-order valence-electron chi connectivity index (χ1n) is 10.3. The number of rotatable bonds is 6. The van der Waals surface area contributed by atoms with Crippen LogP contribution in [-0.4, -0.2) is 42.1 Å². The van der Waals surface area contributed by atoms with E-state index in [9.17, 15) is 9.59 Å². The third-order valence-electron chi connectivity index (χ3n) is 6.43. The van der Waals surface area contributed by atoms with Gasteiger partial charge in [-0.2, -0.15) is 0 Å². The molecule has 2 bridgehead atoms. The van der Waals surface area contributed by atoms with Crippen LogP contribution in [0.25, 0.3) is 0 Å². The smallest absolute Gasteiger partial charge is 0.230 e. The van der Waals surface area contributed by atoms with Gasteiger partial charge in [0.05, 0.1) is 31.6 Å². The van der Waals surface area contributed by atoms with Gasteiger partial charge in [0.25, 0.3) is 0 Å². The summed E-state index contributed by atoms with van der Waals surface area (Å²) in [6.07, 6.45) is 3.51. The standard InChI is InChI=1S/C24H23ClN2O4/c1-30-17-8-6-15(7-9-17)12-26-22(28)20-19-10-11-24(31-19)14-27(23(29)21(20)24)13-16-4-2-3-5-18(16)25/h2-11,19-21H,12-14H2,1H3,(H,26,28). The van der Waals surface area contributed by atoms with Gasteiger partial charge in [-0.1, -0.05) is 54.1 Å². The fraction of sp³-hybridized carbons (Fsp3) is 0.333. The summed E-state index contributed by atoms with van der Waals surface area (Å²) in [4.78, 5) is 28.2. The van der Waals surface area contributed by atoms with Crippen molar-refractivity contribution in [1.82, 2.24) is 10.2 Å². The molecule has 0 aliphatic carbocycles. The highest BCUT2D eigenvalue weighted by atomic mass is 35.5. The minimum Gasteiger partial charge on any atom is -0.497 e. The van der Waals surface area contributed by atoms with Crippen molar-refractivity contribution in [2.75, 3.05) is 13.7 Å². The van der Waals surface area contributed by atoms with Crippen LogP contribution in [0.1, 0.15) is 11.1 Å². The predicted octanol–water partition coefficient (Wildman–Crippen LogP) is 2.95. The number of halogens is 1. The molecule has 3 heterocycles. The summed E-state index contributed by atoms with van der Waals surface area (Å²) in [5.74, 6) is -0.506. The van der Waals surface area contributed by atoms with E-state index in [0.29, 0.717) is 24.7 Å². The second-order valence-electron chi connectivity index (χ2n) is 8.25. The predicted molar refractivity (Wildman–Crippen MR) is 115 cm³/mol. The molecule has 1 spiro atoms. The van der Waals surface area contributed by atoms with Gasteiger partial charge in [0.15, 0.2) is 0 Å². The maximum absolute atomic E-state index is 13.3. The molecular weight excluding hydrogens is 416 g/mol. The molecule has 7 heteroatoms. The van der Waals surface area contributed by atoms with Crippen molar-refractivity contribution in [3.63, 3.8) is 0 Å².